The molecule has 2 heterocycles. The highest BCUT2D eigenvalue weighted by atomic mass is 28.4. The van der Waals surface area contributed by atoms with Gasteiger partial charge in [-0.1, -0.05) is 20.8 Å². The molecular formula is C14H25N3OSi. The summed E-state index contributed by atoms with van der Waals surface area (Å²) in [5.74, 6) is 0.990. The van der Waals surface area contributed by atoms with Crippen molar-refractivity contribution in [3.8, 4) is 0 Å². The summed E-state index contributed by atoms with van der Waals surface area (Å²) in [4.78, 5) is 6.57. The highest BCUT2D eigenvalue weighted by Crippen LogP contribution is 2.38. The fourth-order valence-electron chi connectivity index (χ4n) is 1.88. The Kier molecular flexibility index (Phi) is 3.62. The summed E-state index contributed by atoms with van der Waals surface area (Å²) in [6, 6.07) is 3.86. The molecule has 0 bridgehead atoms. The molecule has 0 unspecified atom stereocenters. The average molecular weight is 279 g/mol. The Morgan fingerprint density at radius 1 is 1.32 bits per heavy atom. The SMILES string of the molecule is CC(C)(C)[Si](C)(C)OC1CN(c2ccc(N)cn2)C1. The predicted octanol–water partition coefficient (Wildman–Crippen LogP) is 2.87. The first-order valence-electron chi connectivity index (χ1n) is 6.83. The minimum Gasteiger partial charge on any atom is -0.410 e. The van der Waals surface area contributed by atoms with Gasteiger partial charge in [0.1, 0.15) is 5.82 Å². The van der Waals surface area contributed by atoms with Crippen LogP contribution in [-0.4, -0.2) is 32.5 Å². The van der Waals surface area contributed by atoms with Crippen molar-refractivity contribution < 1.29 is 4.43 Å². The number of pyridine rings is 1. The van der Waals surface area contributed by atoms with Crippen LogP contribution in [0.3, 0.4) is 0 Å². The maximum atomic E-state index is 6.36. The maximum absolute atomic E-state index is 6.36. The summed E-state index contributed by atoms with van der Waals surface area (Å²) < 4.78 is 6.36. The summed E-state index contributed by atoms with van der Waals surface area (Å²) in [6.07, 6.45) is 2.05. The van der Waals surface area contributed by atoms with Crippen LogP contribution in [0.5, 0.6) is 0 Å². The summed E-state index contributed by atoms with van der Waals surface area (Å²) in [5, 5.41) is 0.271. The zero-order valence-electron chi connectivity index (χ0n) is 12.6. The van der Waals surface area contributed by atoms with Crippen molar-refractivity contribution in [1.82, 2.24) is 4.98 Å². The molecule has 1 aromatic heterocycles. The van der Waals surface area contributed by atoms with Crippen LogP contribution in [-0.2, 0) is 4.43 Å². The first kappa shape index (κ1) is 14.3. The molecule has 0 aromatic carbocycles. The van der Waals surface area contributed by atoms with Crippen LogP contribution in [0.15, 0.2) is 18.3 Å². The van der Waals surface area contributed by atoms with E-state index in [2.05, 4.69) is 43.7 Å². The third kappa shape index (κ3) is 3.09. The number of aromatic nitrogens is 1. The van der Waals surface area contributed by atoms with Crippen LogP contribution in [0.1, 0.15) is 20.8 Å². The zero-order chi connectivity index (χ0) is 14.3. The van der Waals surface area contributed by atoms with Gasteiger partial charge < -0.3 is 15.1 Å². The number of rotatable bonds is 3. The first-order valence-corrected chi connectivity index (χ1v) is 9.74. The number of nitrogen functional groups attached to an aromatic ring is 1. The highest BCUT2D eigenvalue weighted by molar-refractivity contribution is 6.74. The molecule has 0 radical (unpaired) electrons. The van der Waals surface area contributed by atoms with E-state index in [0.29, 0.717) is 11.8 Å². The van der Waals surface area contributed by atoms with E-state index in [1.54, 1.807) is 6.20 Å². The lowest BCUT2D eigenvalue weighted by atomic mass is 10.2. The van der Waals surface area contributed by atoms with Crippen LogP contribution in [0, 0.1) is 0 Å². The second-order valence-electron chi connectivity index (χ2n) is 6.85. The van der Waals surface area contributed by atoms with Gasteiger partial charge in [-0.05, 0) is 30.3 Å². The zero-order valence-corrected chi connectivity index (χ0v) is 13.6. The molecule has 0 spiro atoms. The van der Waals surface area contributed by atoms with Gasteiger partial charge in [0.2, 0.25) is 0 Å². The largest absolute Gasteiger partial charge is 0.410 e. The van der Waals surface area contributed by atoms with E-state index in [-0.39, 0.29) is 5.04 Å². The topological polar surface area (TPSA) is 51.4 Å². The molecule has 5 heteroatoms. The number of anilines is 2. The second-order valence-corrected chi connectivity index (χ2v) is 11.6. The molecular weight excluding hydrogens is 254 g/mol. The third-order valence-corrected chi connectivity index (χ3v) is 8.75. The molecule has 0 aliphatic carbocycles. The molecule has 2 rings (SSSR count). The molecule has 19 heavy (non-hydrogen) atoms. The molecule has 0 saturated carbocycles. The van der Waals surface area contributed by atoms with E-state index in [9.17, 15) is 0 Å². The van der Waals surface area contributed by atoms with Gasteiger partial charge in [-0.2, -0.15) is 0 Å². The van der Waals surface area contributed by atoms with E-state index < -0.39 is 8.32 Å². The molecule has 1 aliphatic rings. The fourth-order valence-corrected chi connectivity index (χ4v) is 3.21. The summed E-state index contributed by atoms with van der Waals surface area (Å²) in [7, 11) is -1.64. The summed E-state index contributed by atoms with van der Waals surface area (Å²) in [5.41, 5.74) is 6.35. The van der Waals surface area contributed by atoms with Gasteiger partial charge in [0.15, 0.2) is 8.32 Å². The Morgan fingerprint density at radius 3 is 2.42 bits per heavy atom. The fraction of sp³-hybridized carbons (Fsp3) is 0.643. The van der Waals surface area contributed by atoms with Gasteiger partial charge in [-0.15, -0.1) is 0 Å². The van der Waals surface area contributed by atoms with Crippen LogP contribution in [0.4, 0.5) is 11.5 Å². The Labute approximate surface area is 117 Å². The van der Waals surface area contributed by atoms with Crippen LogP contribution in [0.2, 0.25) is 18.1 Å². The average Bonchev–Trinajstić information content (AvgIpc) is 2.23. The number of hydrogen-bond donors (Lipinski definition) is 1. The van der Waals surface area contributed by atoms with Crippen molar-refractivity contribution in [1.29, 1.82) is 0 Å². The molecule has 0 amide bonds. The minimum atomic E-state index is -1.64. The Hall–Kier alpha value is -1.07. The monoisotopic (exact) mass is 279 g/mol. The quantitative estimate of drug-likeness (QED) is 0.864. The van der Waals surface area contributed by atoms with Gasteiger partial charge >= 0.3 is 0 Å². The number of nitrogens with zero attached hydrogens (tertiary/aromatic N) is 2. The molecule has 2 N–H and O–H groups in total. The third-order valence-electron chi connectivity index (χ3n) is 4.21. The van der Waals surface area contributed by atoms with Gasteiger partial charge in [-0.3, -0.25) is 0 Å². The normalized spacial score (nSPS) is 17.4. The van der Waals surface area contributed by atoms with Crippen molar-refractivity contribution >= 4 is 19.8 Å². The van der Waals surface area contributed by atoms with Crippen molar-refractivity contribution in [3.05, 3.63) is 18.3 Å². The van der Waals surface area contributed by atoms with Gasteiger partial charge in [-0.25, -0.2) is 4.98 Å². The van der Waals surface area contributed by atoms with Gasteiger partial charge in [0.25, 0.3) is 0 Å². The Bertz CT molecular complexity index is 433. The Balaban J connectivity index is 1.89. The molecule has 1 aliphatic heterocycles. The lowest BCUT2D eigenvalue weighted by Gasteiger charge is -2.46. The van der Waals surface area contributed by atoms with Crippen molar-refractivity contribution in [3.63, 3.8) is 0 Å². The summed E-state index contributed by atoms with van der Waals surface area (Å²) in [6.45, 7) is 13.3. The van der Waals surface area contributed by atoms with Gasteiger partial charge in [0, 0.05) is 13.1 Å². The van der Waals surface area contributed by atoms with Crippen LogP contribution in [0.25, 0.3) is 0 Å². The van der Waals surface area contributed by atoms with E-state index in [0.717, 1.165) is 18.9 Å². The van der Waals surface area contributed by atoms with E-state index in [4.69, 9.17) is 10.2 Å². The molecule has 1 aromatic rings. The van der Waals surface area contributed by atoms with E-state index in [1.807, 2.05) is 12.1 Å². The second kappa shape index (κ2) is 4.79. The molecule has 1 fully saturated rings. The number of hydrogen-bond acceptors (Lipinski definition) is 4. The van der Waals surface area contributed by atoms with Crippen LogP contribution >= 0.6 is 0 Å². The lowest BCUT2D eigenvalue weighted by Crippen LogP contribution is -2.58. The molecule has 106 valence electrons. The van der Waals surface area contributed by atoms with Crippen LogP contribution < -0.4 is 10.6 Å². The highest BCUT2D eigenvalue weighted by Gasteiger charge is 2.42. The smallest absolute Gasteiger partial charge is 0.192 e. The molecule has 4 nitrogen and oxygen atoms in total. The first-order chi connectivity index (χ1) is 8.69. The molecule has 0 atom stereocenters. The molecule has 1 saturated heterocycles. The summed E-state index contributed by atoms with van der Waals surface area (Å²) >= 11 is 0. The van der Waals surface area contributed by atoms with E-state index in [1.165, 1.54) is 0 Å². The van der Waals surface area contributed by atoms with Gasteiger partial charge in [0.05, 0.1) is 18.0 Å². The number of nitrogens with two attached hydrogens (primary N) is 1. The van der Waals surface area contributed by atoms with E-state index >= 15 is 0 Å². The Morgan fingerprint density at radius 2 is 1.95 bits per heavy atom. The standard InChI is InChI=1S/C14H25N3OSi/c1-14(2,3)19(4,5)18-12-9-17(10-12)13-7-6-11(15)8-16-13/h6-8,12H,9-10,15H2,1-5H3. The predicted molar refractivity (Wildman–Crippen MR) is 82.9 cm³/mol. The lowest BCUT2D eigenvalue weighted by molar-refractivity contribution is 0.148. The van der Waals surface area contributed by atoms with Crippen molar-refractivity contribution in [2.45, 2.75) is 45.0 Å². The van der Waals surface area contributed by atoms with Crippen molar-refractivity contribution in [2.75, 3.05) is 23.7 Å². The maximum Gasteiger partial charge on any atom is 0.192 e. The minimum absolute atomic E-state index is 0.271. The van der Waals surface area contributed by atoms with Crippen molar-refractivity contribution in [2.24, 2.45) is 0 Å².